The number of morpholine rings is 1. The molecule has 2 saturated heterocycles. The van der Waals surface area contributed by atoms with Crippen LogP contribution in [0.3, 0.4) is 0 Å². The number of hydrogen-bond donors (Lipinski definition) is 1. The molecule has 0 aromatic heterocycles. The van der Waals surface area contributed by atoms with Crippen LogP contribution in [0.4, 0.5) is 0 Å². The number of piperazine rings is 1. The lowest BCUT2D eigenvalue weighted by Crippen LogP contribution is -2.49. The first-order valence-electron chi connectivity index (χ1n) is 8.26. The van der Waals surface area contributed by atoms with E-state index in [1.54, 1.807) is 7.11 Å². The lowest BCUT2D eigenvalue weighted by molar-refractivity contribution is 0.0290. The van der Waals surface area contributed by atoms with E-state index in [9.17, 15) is 0 Å². The number of nitrogens with zero attached hydrogens (tertiary/aromatic N) is 2. The van der Waals surface area contributed by atoms with Crippen LogP contribution in [0.5, 0.6) is 5.75 Å². The Hall–Kier alpha value is -1.14. The van der Waals surface area contributed by atoms with Crippen molar-refractivity contribution >= 4 is 0 Å². The van der Waals surface area contributed by atoms with Gasteiger partial charge in [0, 0.05) is 51.4 Å². The van der Waals surface area contributed by atoms with Crippen molar-refractivity contribution in [1.29, 1.82) is 0 Å². The third kappa shape index (κ3) is 3.79. The summed E-state index contributed by atoms with van der Waals surface area (Å²) in [6.45, 7) is 9.23. The molecule has 0 saturated carbocycles. The van der Waals surface area contributed by atoms with Crippen LogP contribution >= 0.6 is 0 Å². The van der Waals surface area contributed by atoms with Gasteiger partial charge in [-0.15, -0.1) is 0 Å². The third-order valence-corrected chi connectivity index (χ3v) is 4.66. The molecule has 1 N–H and O–H groups in total. The smallest absolute Gasteiger partial charge is 0.123 e. The molecule has 1 atom stereocenters. The molecule has 22 heavy (non-hydrogen) atoms. The first-order valence-corrected chi connectivity index (χ1v) is 8.26. The second-order valence-corrected chi connectivity index (χ2v) is 5.95. The topological polar surface area (TPSA) is 37.0 Å². The fraction of sp³-hybridized carbons (Fsp3) is 0.647. The number of rotatable bonds is 5. The van der Waals surface area contributed by atoms with Crippen molar-refractivity contribution < 1.29 is 9.47 Å². The zero-order chi connectivity index (χ0) is 15.2. The number of methoxy groups -OCH3 is 1. The molecule has 5 heteroatoms. The van der Waals surface area contributed by atoms with Gasteiger partial charge in [-0.3, -0.25) is 9.80 Å². The fourth-order valence-corrected chi connectivity index (χ4v) is 3.36. The maximum Gasteiger partial charge on any atom is 0.123 e. The van der Waals surface area contributed by atoms with Gasteiger partial charge in [-0.1, -0.05) is 18.2 Å². The Morgan fingerprint density at radius 3 is 2.82 bits per heavy atom. The van der Waals surface area contributed by atoms with Crippen LogP contribution in [-0.2, 0) is 4.74 Å². The van der Waals surface area contributed by atoms with E-state index >= 15 is 0 Å². The van der Waals surface area contributed by atoms with Gasteiger partial charge in [-0.05, 0) is 6.07 Å². The molecule has 3 rings (SSSR count). The minimum atomic E-state index is 0.394. The van der Waals surface area contributed by atoms with Crippen LogP contribution in [0.25, 0.3) is 0 Å². The number of benzene rings is 1. The Balaban J connectivity index is 1.65. The minimum Gasteiger partial charge on any atom is -0.496 e. The highest BCUT2D eigenvalue weighted by Gasteiger charge is 2.26. The zero-order valence-electron chi connectivity index (χ0n) is 13.5. The van der Waals surface area contributed by atoms with Gasteiger partial charge in [0.05, 0.1) is 26.4 Å². The van der Waals surface area contributed by atoms with Gasteiger partial charge < -0.3 is 14.8 Å². The van der Waals surface area contributed by atoms with Crippen molar-refractivity contribution in [3.8, 4) is 5.75 Å². The Kier molecular flexibility index (Phi) is 5.67. The predicted molar refractivity (Wildman–Crippen MR) is 87.4 cm³/mol. The van der Waals surface area contributed by atoms with Crippen LogP contribution < -0.4 is 10.1 Å². The molecule has 0 amide bonds. The lowest BCUT2D eigenvalue weighted by atomic mass is 10.0. The summed E-state index contributed by atoms with van der Waals surface area (Å²) in [6, 6.07) is 8.79. The molecule has 0 spiro atoms. The van der Waals surface area contributed by atoms with E-state index in [4.69, 9.17) is 9.47 Å². The minimum absolute atomic E-state index is 0.394. The largest absolute Gasteiger partial charge is 0.496 e. The van der Waals surface area contributed by atoms with Gasteiger partial charge in [-0.2, -0.15) is 0 Å². The molecule has 122 valence electrons. The SMILES string of the molecule is COc1ccccc1C1CNCCN1CCN1CCOCC1. The molecule has 1 aromatic rings. The van der Waals surface area contributed by atoms with Crippen molar-refractivity contribution in [2.45, 2.75) is 6.04 Å². The fourth-order valence-electron chi connectivity index (χ4n) is 3.36. The molecular weight excluding hydrogens is 278 g/mol. The molecule has 2 aliphatic rings. The van der Waals surface area contributed by atoms with Gasteiger partial charge in [0.15, 0.2) is 0 Å². The van der Waals surface area contributed by atoms with E-state index in [-0.39, 0.29) is 0 Å². The molecule has 0 bridgehead atoms. The molecule has 1 unspecified atom stereocenters. The first-order chi connectivity index (χ1) is 10.9. The Morgan fingerprint density at radius 2 is 2.00 bits per heavy atom. The average molecular weight is 305 g/mol. The highest BCUT2D eigenvalue weighted by atomic mass is 16.5. The first kappa shape index (κ1) is 15.7. The summed E-state index contributed by atoms with van der Waals surface area (Å²) in [4.78, 5) is 5.09. The van der Waals surface area contributed by atoms with Gasteiger partial charge >= 0.3 is 0 Å². The van der Waals surface area contributed by atoms with Crippen molar-refractivity contribution in [2.24, 2.45) is 0 Å². The van der Waals surface area contributed by atoms with Crippen LogP contribution in [-0.4, -0.2) is 75.9 Å². The van der Waals surface area contributed by atoms with E-state index < -0.39 is 0 Å². The summed E-state index contributed by atoms with van der Waals surface area (Å²) in [5, 5.41) is 3.52. The van der Waals surface area contributed by atoms with E-state index in [0.717, 1.165) is 64.8 Å². The van der Waals surface area contributed by atoms with E-state index in [2.05, 4.69) is 33.3 Å². The second-order valence-electron chi connectivity index (χ2n) is 5.95. The van der Waals surface area contributed by atoms with E-state index in [0.29, 0.717) is 6.04 Å². The van der Waals surface area contributed by atoms with Crippen LogP contribution in [0.1, 0.15) is 11.6 Å². The normalized spacial score (nSPS) is 24.3. The van der Waals surface area contributed by atoms with Crippen molar-refractivity contribution in [3.63, 3.8) is 0 Å². The summed E-state index contributed by atoms with van der Waals surface area (Å²) < 4.78 is 11.0. The van der Waals surface area contributed by atoms with Crippen molar-refractivity contribution in [1.82, 2.24) is 15.1 Å². The third-order valence-electron chi connectivity index (χ3n) is 4.66. The molecule has 0 radical (unpaired) electrons. The summed E-state index contributed by atoms with van der Waals surface area (Å²) >= 11 is 0. The number of nitrogens with one attached hydrogen (secondary N) is 1. The summed E-state index contributed by atoms with van der Waals surface area (Å²) in [7, 11) is 1.76. The van der Waals surface area contributed by atoms with Gasteiger partial charge in [0.2, 0.25) is 0 Å². The number of hydrogen-bond acceptors (Lipinski definition) is 5. The zero-order valence-corrected chi connectivity index (χ0v) is 13.5. The summed E-state index contributed by atoms with van der Waals surface area (Å²) in [6.07, 6.45) is 0. The monoisotopic (exact) mass is 305 g/mol. The van der Waals surface area contributed by atoms with E-state index in [1.165, 1.54) is 5.56 Å². The average Bonchev–Trinajstić information content (AvgIpc) is 2.61. The molecule has 1 aromatic carbocycles. The van der Waals surface area contributed by atoms with Gasteiger partial charge in [-0.25, -0.2) is 0 Å². The van der Waals surface area contributed by atoms with Gasteiger partial charge in [0.1, 0.15) is 5.75 Å². The number of ether oxygens (including phenoxy) is 2. The Morgan fingerprint density at radius 1 is 1.18 bits per heavy atom. The Bertz CT molecular complexity index is 463. The van der Waals surface area contributed by atoms with Crippen LogP contribution in [0.15, 0.2) is 24.3 Å². The second kappa shape index (κ2) is 7.92. The Labute approximate surface area is 133 Å². The number of para-hydroxylation sites is 1. The van der Waals surface area contributed by atoms with Crippen LogP contribution in [0.2, 0.25) is 0 Å². The lowest BCUT2D eigenvalue weighted by Gasteiger charge is -2.38. The molecule has 2 heterocycles. The van der Waals surface area contributed by atoms with Crippen molar-refractivity contribution in [3.05, 3.63) is 29.8 Å². The molecule has 5 nitrogen and oxygen atoms in total. The van der Waals surface area contributed by atoms with Gasteiger partial charge in [0.25, 0.3) is 0 Å². The summed E-state index contributed by atoms with van der Waals surface area (Å²) in [5.74, 6) is 0.993. The quantitative estimate of drug-likeness (QED) is 0.877. The maximum atomic E-state index is 5.56. The van der Waals surface area contributed by atoms with Crippen molar-refractivity contribution in [2.75, 3.05) is 66.1 Å². The summed E-state index contributed by atoms with van der Waals surface area (Å²) in [5.41, 5.74) is 1.29. The maximum absolute atomic E-state index is 5.56. The highest BCUT2D eigenvalue weighted by molar-refractivity contribution is 5.36. The highest BCUT2D eigenvalue weighted by Crippen LogP contribution is 2.29. The predicted octanol–water partition coefficient (Wildman–Crippen LogP) is 0.974. The standard InChI is InChI=1S/C17H27N3O2/c1-21-17-5-3-2-4-15(17)16-14-18-6-7-20(16)9-8-19-10-12-22-13-11-19/h2-5,16,18H,6-14H2,1H3. The molecule has 2 fully saturated rings. The molecule has 0 aliphatic carbocycles. The molecule has 2 aliphatic heterocycles. The molecular formula is C17H27N3O2. The van der Waals surface area contributed by atoms with Crippen LogP contribution in [0, 0.1) is 0 Å². The van der Waals surface area contributed by atoms with E-state index in [1.807, 2.05) is 6.07 Å².